The van der Waals surface area contributed by atoms with E-state index in [1.807, 2.05) is 39.7 Å². The molecule has 0 atom stereocenters. The molecular weight excluding hydrogens is 662 g/mol. The van der Waals surface area contributed by atoms with Crippen LogP contribution in [0.3, 0.4) is 0 Å². The number of carbonyl (C=O) groups excluding carboxylic acids is 1. The molecule has 1 heterocycles. The highest BCUT2D eigenvalue weighted by Gasteiger charge is 2.43. The first-order chi connectivity index (χ1) is 25.0. The number of nitrogens with zero attached hydrogens (tertiary/aromatic N) is 2. The fourth-order valence-corrected chi connectivity index (χ4v) is 5.43. The average molecular weight is 721 g/mol. The van der Waals surface area contributed by atoms with Gasteiger partial charge in [0.05, 0.1) is 11.8 Å². The largest absolute Gasteiger partial charge is 0.478 e. The number of benzene rings is 2. The van der Waals surface area contributed by atoms with Crippen LogP contribution < -0.4 is 11.1 Å². The second kappa shape index (κ2) is 25.5. The summed E-state index contributed by atoms with van der Waals surface area (Å²) in [5, 5.41) is 13.1. The summed E-state index contributed by atoms with van der Waals surface area (Å²) in [6, 6.07) is 11.8. The Morgan fingerprint density at radius 3 is 2.25 bits per heavy atom. The van der Waals surface area contributed by atoms with E-state index in [0.717, 1.165) is 75.6 Å². The molecule has 2 aromatic carbocycles. The van der Waals surface area contributed by atoms with Gasteiger partial charge in [-0.2, -0.15) is 0 Å². The second-order valence-corrected chi connectivity index (χ2v) is 12.7. The number of carbonyl (C=O) groups is 2. The first-order valence-corrected chi connectivity index (χ1v) is 18.1. The molecule has 0 unspecified atom stereocenters. The molecule has 0 spiro atoms. The average Bonchev–Trinajstić information content (AvgIpc) is 3.73. The molecule has 0 radical (unpaired) electrons. The lowest BCUT2D eigenvalue weighted by molar-refractivity contribution is -0.132. The third-order valence-corrected chi connectivity index (χ3v) is 8.26. The highest BCUT2D eigenvalue weighted by atomic mass is 19.1. The van der Waals surface area contributed by atoms with Crippen LogP contribution >= 0.6 is 0 Å². The first kappa shape index (κ1) is 45.6. The molecule has 1 fully saturated rings. The summed E-state index contributed by atoms with van der Waals surface area (Å²) in [5.74, 6) is 1.37. The quantitative estimate of drug-likeness (QED) is 0.0553. The summed E-state index contributed by atoms with van der Waals surface area (Å²) in [4.78, 5) is 26.1. The van der Waals surface area contributed by atoms with Crippen LogP contribution in [0.2, 0.25) is 0 Å². The Kier molecular flexibility index (Phi) is 22.4. The molecule has 0 aliphatic heterocycles. The van der Waals surface area contributed by atoms with Crippen molar-refractivity contribution in [3.63, 3.8) is 0 Å². The van der Waals surface area contributed by atoms with Gasteiger partial charge in [-0.1, -0.05) is 58.7 Å². The van der Waals surface area contributed by atoms with Crippen molar-refractivity contribution in [3.05, 3.63) is 107 Å². The third-order valence-electron chi connectivity index (χ3n) is 8.26. The number of terminal acetylenes is 1. The molecule has 1 aromatic heterocycles. The molecule has 1 saturated carbocycles. The lowest BCUT2D eigenvalue weighted by Crippen LogP contribution is -2.30. The van der Waals surface area contributed by atoms with E-state index in [1.54, 1.807) is 18.3 Å². The number of carboxylic acids is 1. The number of nitrogens with one attached hydrogen (secondary N) is 1. The van der Waals surface area contributed by atoms with Gasteiger partial charge in [0.25, 0.3) is 0 Å². The molecular formula is C42H58F2N4O4. The van der Waals surface area contributed by atoms with Crippen molar-refractivity contribution in [2.75, 3.05) is 32.7 Å². The Labute approximate surface area is 309 Å². The van der Waals surface area contributed by atoms with Crippen molar-refractivity contribution >= 4 is 18.3 Å². The maximum atomic E-state index is 12.4. The number of nitrogens with two attached hydrogens (primary N) is 1. The van der Waals surface area contributed by atoms with Gasteiger partial charge in [-0.25, -0.2) is 18.6 Å². The zero-order valence-corrected chi connectivity index (χ0v) is 31.6. The first-order valence-electron chi connectivity index (χ1n) is 18.1. The summed E-state index contributed by atoms with van der Waals surface area (Å²) in [7, 11) is 0. The van der Waals surface area contributed by atoms with Crippen LogP contribution in [-0.4, -0.2) is 60.5 Å². The molecule has 1 aliphatic rings. The molecule has 1 aliphatic carbocycles. The van der Waals surface area contributed by atoms with E-state index in [-0.39, 0.29) is 11.5 Å². The Morgan fingerprint density at radius 1 is 1.12 bits per heavy atom. The van der Waals surface area contributed by atoms with Crippen LogP contribution in [0, 0.1) is 29.9 Å². The van der Waals surface area contributed by atoms with E-state index in [0.29, 0.717) is 23.4 Å². The van der Waals surface area contributed by atoms with Crippen molar-refractivity contribution in [2.45, 2.75) is 85.1 Å². The van der Waals surface area contributed by atoms with E-state index in [2.05, 4.69) is 47.1 Å². The van der Waals surface area contributed by atoms with Gasteiger partial charge in [0.2, 0.25) is 5.89 Å². The van der Waals surface area contributed by atoms with Crippen LogP contribution in [0.4, 0.5) is 8.78 Å². The van der Waals surface area contributed by atoms with Crippen molar-refractivity contribution in [1.82, 2.24) is 15.2 Å². The van der Waals surface area contributed by atoms with Crippen LogP contribution in [0.15, 0.2) is 77.1 Å². The SMILES string of the molecule is C#Cc1cccc(C2(NCCCN)CC2)c1.C=O.CCCN(CCC)CC/C=C(\C=C(\c1ncco1)C(C)C)C(=O)O.CCc1cc(F)cc(F)c1. The number of rotatable bonds is 17. The van der Waals surface area contributed by atoms with E-state index < -0.39 is 17.6 Å². The smallest absolute Gasteiger partial charge is 0.335 e. The minimum absolute atomic E-state index is 0.128. The molecule has 52 heavy (non-hydrogen) atoms. The topological polar surface area (TPSA) is 122 Å². The van der Waals surface area contributed by atoms with Crippen LogP contribution in [0.1, 0.15) is 95.7 Å². The third kappa shape index (κ3) is 16.7. The number of aromatic nitrogens is 1. The van der Waals surface area contributed by atoms with Crippen LogP contribution in [0.5, 0.6) is 0 Å². The number of halogens is 2. The monoisotopic (exact) mass is 720 g/mol. The molecule has 3 aromatic rings. The molecule has 4 N–H and O–H groups in total. The fourth-order valence-electron chi connectivity index (χ4n) is 5.43. The lowest BCUT2D eigenvalue weighted by atomic mass is 9.99. The van der Waals surface area contributed by atoms with Gasteiger partial charge >= 0.3 is 5.97 Å². The lowest BCUT2D eigenvalue weighted by Gasteiger charge is -2.19. The molecule has 284 valence electrons. The van der Waals surface area contributed by atoms with Crippen LogP contribution in [-0.2, 0) is 21.5 Å². The standard InChI is InChI=1S/C19H30N2O3.C14H18N2.C8H8F2.CH2O/c1-5-10-21(11-6-2)12-7-8-16(19(22)23)14-17(15(3)4)18-20-9-13-24-18;1-2-12-5-3-6-13(11-12)14(7-8-14)16-10-4-9-15;1-2-6-3-7(9)5-8(10)4-6;1-2/h8-9,13-15H,5-7,10-12H2,1-4H3,(H,22,23);1,3,5-6,11,16H,4,7-10,15H2;3-5H,2H2,1H3;1H2/b16-8+,17-14+;;;. The van der Waals surface area contributed by atoms with Crippen molar-refractivity contribution in [3.8, 4) is 12.3 Å². The van der Waals surface area contributed by atoms with Crippen molar-refractivity contribution in [2.24, 2.45) is 11.7 Å². The summed E-state index contributed by atoms with van der Waals surface area (Å²) < 4.78 is 30.1. The number of allylic oxidation sites excluding steroid dienone is 1. The second-order valence-electron chi connectivity index (χ2n) is 12.7. The Balaban J connectivity index is 0.000000413. The van der Waals surface area contributed by atoms with Gasteiger partial charge in [-0.15, -0.1) is 6.42 Å². The Bertz CT molecular complexity index is 1530. The van der Waals surface area contributed by atoms with Gasteiger partial charge < -0.3 is 30.3 Å². The zero-order valence-electron chi connectivity index (χ0n) is 31.6. The zero-order chi connectivity index (χ0) is 38.9. The number of hydrogen-bond acceptors (Lipinski definition) is 7. The maximum Gasteiger partial charge on any atom is 0.335 e. The highest BCUT2D eigenvalue weighted by Crippen LogP contribution is 2.45. The summed E-state index contributed by atoms with van der Waals surface area (Å²) in [5.41, 5.74) is 9.75. The normalized spacial score (nSPS) is 13.2. The van der Waals surface area contributed by atoms with Gasteiger partial charge in [-0.3, -0.25) is 0 Å². The number of carboxylic acid groups (broad SMARTS) is 1. The van der Waals surface area contributed by atoms with Crippen molar-refractivity contribution < 1.29 is 27.9 Å². The molecule has 10 heteroatoms. The number of hydrogen-bond donors (Lipinski definition) is 3. The molecule has 0 bridgehead atoms. The summed E-state index contributed by atoms with van der Waals surface area (Å²) >= 11 is 0. The predicted molar refractivity (Wildman–Crippen MR) is 206 cm³/mol. The minimum Gasteiger partial charge on any atom is -0.478 e. The fraction of sp³-hybridized carbons (Fsp3) is 0.452. The summed E-state index contributed by atoms with van der Waals surface area (Å²) in [6.45, 7) is 16.9. The van der Waals surface area contributed by atoms with E-state index >= 15 is 0 Å². The maximum absolute atomic E-state index is 12.4. The molecule has 0 saturated heterocycles. The van der Waals surface area contributed by atoms with Crippen molar-refractivity contribution in [1.29, 1.82) is 0 Å². The van der Waals surface area contributed by atoms with Crippen LogP contribution in [0.25, 0.3) is 5.57 Å². The molecule has 0 amide bonds. The van der Waals surface area contributed by atoms with Gasteiger partial charge in [0.15, 0.2) is 0 Å². The molecule has 8 nitrogen and oxygen atoms in total. The number of oxazole rings is 1. The Hall–Kier alpha value is -4.43. The molecule has 4 rings (SSSR count). The highest BCUT2D eigenvalue weighted by molar-refractivity contribution is 5.92. The Morgan fingerprint density at radius 2 is 1.77 bits per heavy atom. The van der Waals surface area contributed by atoms with Gasteiger partial charge in [0, 0.05) is 29.3 Å². The number of aryl methyl sites for hydroxylation is 1. The minimum atomic E-state index is -0.919. The number of aliphatic carboxylic acids is 1. The van der Waals surface area contributed by atoms with E-state index in [1.165, 1.54) is 36.8 Å². The van der Waals surface area contributed by atoms with Gasteiger partial charge in [0.1, 0.15) is 24.7 Å². The predicted octanol–water partition coefficient (Wildman–Crippen LogP) is 8.17. The van der Waals surface area contributed by atoms with E-state index in [4.69, 9.17) is 21.4 Å². The van der Waals surface area contributed by atoms with E-state index in [9.17, 15) is 18.7 Å². The summed E-state index contributed by atoms with van der Waals surface area (Å²) in [6.07, 6.45) is 19.0. The van der Waals surface area contributed by atoms with Gasteiger partial charge in [-0.05, 0) is 119 Å².